The highest BCUT2D eigenvalue weighted by Gasteiger charge is 2.48. The van der Waals surface area contributed by atoms with Crippen molar-refractivity contribution in [1.82, 2.24) is 10.0 Å². The highest BCUT2D eigenvalue weighted by molar-refractivity contribution is 7.89. The molecule has 6 heteroatoms. The zero-order valence-corrected chi connectivity index (χ0v) is 13.3. The first-order chi connectivity index (χ1) is 8.87. The number of hydrogen-bond donors (Lipinski definition) is 2. The van der Waals surface area contributed by atoms with Crippen molar-refractivity contribution in [3.63, 3.8) is 0 Å². The fraction of sp³-hybridized carbons (Fsp3) is 0.692. The minimum absolute atomic E-state index is 0.0776. The zero-order chi connectivity index (χ0) is 14.1. The van der Waals surface area contributed by atoms with Crippen LogP contribution in [0.5, 0.6) is 0 Å². The number of nitrogens with one attached hydrogen (secondary N) is 2. The SMILES string of the molecule is CCCNCc1sccc1S(=O)(=O)NC1CC1(C)C. The highest BCUT2D eigenvalue weighted by Crippen LogP contribution is 2.45. The largest absolute Gasteiger partial charge is 0.312 e. The smallest absolute Gasteiger partial charge is 0.241 e. The van der Waals surface area contributed by atoms with E-state index in [0.29, 0.717) is 11.4 Å². The first-order valence-electron chi connectivity index (χ1n) is 6.66. The van der Waals surface area contributed by atoms with Crippen LogP contribution >= 0.6 is 11.3 Å². The van der Waals surface area contributed by atoms with E-state index in [1.807, 2.05) is 5.38 Å². The van der Waals surface area contributed by atoms with Gasteiger partial charge in [0.05, 0.1) is 4.90 Å². The molecule has 0 bridgehead atoms. The summed E-state index contributed by atoms with van der Waals surface area (Å²) in [5.74, 6) is 0. The van der Waals surface area contributed by atoms with E-state index >= 15 is 0 Å². The Kier molecular flexibility index (Phi) is 4.35. The summed E-state index contributed by atoms with van der Waals surface area (Å²) < 4.78 is 27.5. The molecule has 4 nitrogen and oxygen atoms in total. The third-order valence-corrected chi connectivity index (χ3v) is 6.12. The molecule has 0 amide bonds. The highest BCUT2D eigenvalue weighted by atomic mass is 32.2. The lowest BCUT2D eigenvalue weighted by molar-refractivity contribution is 0.554. The molecule has 1 aliphatic carbocycles. The topological polar surface area (TPSA) is 58.2 Å². The number of rotatable bonds is 7. The normalized spacial score (nSPS) is 21.5. The van der Waals surface area contributed by atoms with Gasteiger partial charge in [0.15, 0.2) is 0 Å². The van der Waals surface area contributed by atoms with E-state index in [-0.39, 0.29) is 11.5 Å². The molecule has 108 valence electrons. The lowest BCUT2D eigenvalue weighted by Crippen LogP contribution is -2.29. The van der Waals surface area contributed by atoms with Crippen molar-refractivity contribution in [3.8, 4) is 0 Å². The number of sulfonamides is 1. The Bertz CT molecular complexity index is 535. The van der Waals surface area contributed by atoms with E-state index in [2.05, 4.69) is 30.8 Å². The molecule has 1 atom stereocenters. The molecule has 1 aromatic rings. The molecule has 1 saturated carbocycles. The maximum absolute atomic E-state index is 12.4. The molecule has 0 aliphatic heterocycles. The van der Waals surface area contributed by atoms with Crippen LogP contribution in [0.4, 0.5) is 0 Å². The fourth-order valence-electron chi connectivity index (χ4n) is 2.00. The Morgan fingerprint density at radius 3 is 2.74 bits per heavy atom. The third kappa shape index (κ3) is 3.56. The molecule has 1 fully saturated rings. The van der Waals surface area contributed by atoms with Gasteiger partial charge >= 0.3 is 0 Å². The Hall–Kier alpha value is -0.430. The van der Waals surface area contributed by atoms with E-state index < -0.39 is 10.0 Å². The summed E-state index contributed by atoms with van der Waals surface area (Å²) in [6.45, 7) is 7.78. The third-order valence-electron chi connectivity index (χ3n) is 3.52. The van der Waals surface area contributed by atoms with Crippen molar-refractivity contribution in [2.45, 2.75) is 51.1 Å². The Morgan fingerprint density at radius 2 is 2.16 bits per heavy atom. The second-order valence-corrected chi connectivity index (χ2v) is 8.43. The fourth-order valence-corrected chi connectivity index (χ4v) is 4.82. The summed E-state index contributed by atoms with van der Waals surface area (Å²) in [7, 11) is -3.37. The van der Waals surface area contributed by atoms with Gasteiger partial charge in [-0.1, -0.05) is 20.8 Å². The van der Waals surface area contributed by atoms with Crippen molar-refractivity contribution >= 4 is 21.4 Å². The van der Waals surface area contributed by atoms with Crippen molar-refractivity contribution in [2.24, 2.45) is 5.41 Å². The van der Waals surface area contributed by atoms with Gasteiger partial charge in [-0.3, -0.25) is 0 Å². The predicted molar refractivity (Wildman–Crippen MR) is 78.8 cm³/mol. The van der Waals surface area contributed by atoms with Gasteiger partial charge in [-0.25, -0.2) is 13.1 Å². The van der Waals surface area contributed by atoms with Crippen LogP contribution in [0.25, 0.3) is 0 Å². The molecule has 0 saturated heterocycles. The minimum atomic E-state index is -3.37. The van der Waals surface area contributed by atoms with E-state index in [0.717, 1.165) is 24.3 Å². The average Bonchev–Trinajstić information content (AvgIpc) is 2.76. The van der Waals surface area contributed by atoms with Crippen LogP contribution in [0.2, 0.25) is 0 Å². The van der Waals surface area contributed by atoms with Gasteiger partial charge in [0.1, 0.15) is 0 Å². The van der Waals surface area contributed by atoms with Crippen LogP contribution in [0.3, 0.4) is 0 Å². The summed E-state index contributed by atoms with van der Waals surface area (Å²) in [5.41, 5.74) is 0.101. The van der Waals surface area contributed by atoms with Crippen LogP contribution in [0, 0.1) is 5.41 Å². The summed E-state index contributed by atoms with van der Waals surface area (Å²) >= 11 is 1.49. The standard InChI is InChI=1S/C13H22N2O2S2/c1-4-6-14-9-10-11(5-7-18-10)19(16,17)15-12-8-13(12,2)3/h5,7,12,14-15H,4,6,8-9H2,1-3H3. The maximum atomic E-state index is 12.4. The van der Waals surface area contributed by atoms with Gasteiger partial charge in [-0.2, -0.15) is 0 Å². The van der Waals surface area contributed by atoms with Gasteiger partial charge in [0.2, 0.25) is 10.0 Å². The quantitative estimate of drug-likeness (QED) is 0.760. The van der Waals surface area contributed by atoms with Crippen LogP contribution in [-0.4, -0.2) is 21.0 Å². The molecule has 0 radical (unpaired) electrons. The number of thiophene rings is 1. The van der Waals surface area contributed by atoms with Gasteiger partial charge < -0.3 is 5.32 Å². The molecule has 0 aromatic carbocycles. The molecule has 0 spiro atoms. The molecule has 1 aromatic heterocycles. The Balaban J connectivity index is 2.06. The van der Waals surface area contributed by atoms with Gasteiger partial charge in [-0.15, -0.1) is 11.3 Å². The van der Waals surface area contributed by atoms with Gasteiger partial charge in [-0.05, 0) is 36.2 Å². The summed E-state index contributed by atoms with van der Waals surface area (Å²) in [5, 5.41) is 5.10. The molecule has 19 heavy (non-hydrogen) atoms. The lowest BCUT2D eigenvalue weighted by Gasteiger charge is -2.09. The van der Waals surface area contributed by atoms with Crippen molar-refractivity contribution in [3.05, 3.63) is 16.3 Å². The second-order valence-electron chi connectivity index (χ2n) is 5.75. The molecule has 2 N–H and O–H groups in total. The average molecular weight is 302 g/mol. The molecule has 1 aliphatic rings. The van der Waals surface area contributed by atoms with Gasteiger partial charge in [0, 0.05) is 17.5 Å². The monoisotopic (exact) mass is 302 g/mol. The lowest BCUT2D eigenvalue weighted by atomic mass is 10.2. The van der Waals surface area contributed by atoms with Crippen molar-refractivity contribution in [2.75, 3.05) is 6.54 Å². The second kappa shape index (κ2) is 5.52. The van der Waals surface area contributed by atoms with Crippen molar-refractivity contribution < 1.29 is 8.42 Å². The Labute approximate surface area is 119 Å². The molecular formula is C13H22N2O2S2. The molecule has 1 heterocycles. The van der Waals surface area contributed by atoms with Crippen LogP contribution in [-0.2, 0) is 16.6 Å². The molecular weight excluding hydrogens is 280 g/mol. The van der Waals surface area contributed by atoms with Crippen molar-refractivity contribution in [1.29, 1.82) is 0 Å². The first-order valence-corrected chi connectivity index (χ1v) is 9.02. The maximum Gasteiger partial charge on any atom is 0.241 e. The summed E-state index contributed by atoms with van der Waals surface area (Å²) in [6, 6.07) is 1.78. The first kappa shape index (κ1) is 15.0. The summed E-state index contributed by atoms with van der Waals surface area (Å²) in [6.07, 6.45) is 1.96. The van der Waals surface area contributed by atoms with E-state index in [9.17, 15) is 8.42 Å². The van der Waals surface area contributed by atoms with Crippen LogP contribution in [0.1, 0.15) is 38.5 Å². The zero-order valence-electron chi connectivity index (χ0n) is 11.7. The van der Waals surface area contributed by atoms with Crippen LogP contribution in [0.15, 0.2) is 16.3 Å². The number of hydrogen-bond acceptors (Lipinski definition) is 4. The molecule has 1 unspecified atom stereocenters. The molecule has 2 rings (SSSR count). The van der Waals surface area contributed by atoms with E-state index in [4.69, 9.17) is 0 Å². The van der Waals surface area contributed by atoms with Crippen LogP contribution < -0.4 is 10.0 Å². The predicted octanol–water partition coefficient (Wildman–Crippen LogP) is 2.32. The van der Waals surface area contributed by atoms with Gasteiger partial charge in [0.25, 0.3) is 0 Å². The van der Waals surface area contributed by atoms with E-state index in [1.54, 1.807) is 6.07 Å². The Morgan fingerprint density at radius 1 is 1.47 bits per heavy atom. The summed E-state index contributed by atoms with van der Waals surface area (Å²) in [4.78, 5) is 1.32. The van der Waals surface area contributed by atoms with E-state index in [1.165, 1.54) is 11.3 Å². The minimum Gasteiger partial charge on any atom is -0.312 e.